The Morgan fingerprint density at radius 2 is 2.00 bits per heavy atom. The summed E-state index contributed by atoms with van der Waals surface area (Å²) in [5.74, 6) is 0. The third-order valence-electron chi connectivity index (χ3n) is 2.49. The van der Waals surface area contributed by atoms with Crippen LogP contribution in [0.3, 0.4) is 0 Å². The van der Waals surface area contributed by atoms with Crippen molar-refractivity contribution in [3.8, 4) is 0 Å². The zero-order valence-electron chi connectivity index (χ0n) is 8.73. The molecule has 2 heterocycles. The molecular weight excluding hydrogens is 281 g/mol. The first-order chi connectivity index (χ1) is 8.08. The fourth-order valence-corrected chi connectivity index (χ4v) is 1.88. The van der Waals surface area contributed by atoms with E-state index in [1.54, 1.807) is 6.07 Å². The van der Waals surface area contributed by atoms with E-state index in [2.05, 4.69) is 15.2 Å². The number of fused-ring (bicyclic) bond motifs is 3. The molecule has 0 bridgehead atoms. The topological polar surface area (TPSA) is 109 Å². The van der Waals surface area contributed by atoms with Gasteiger partial charge in [0.15, 0.2) is 5.65 Å². The van der Waals surface area contributed by atoms with Crippen molar-refractivity contribution in [2.45, 2.75) is 0 Å². The van der Waals surface area contributed by atoms with Crippen LogP contribution in [0.5, 0.6) is 0 Å². The second-order valence-corrected chi connectivity index (χ2v) is 3.94. The van der Waals surface area contributed by atoms with Crippen molar-refractivity contribution < 1.29 is 0 Å². The fraction of sp³-hybridized carbons (Fsp3) is 0. The van der Waals surface area contributed by atoms with Crippen molar-refractivity contribution in [2.75, 3.05) is 5.73 Å². The summed E-state index contributed by atoms with van der Waals surface area (Å²) in [6, 6.07) is 3.08. The number of hydrogen-bond acceptors (Lipinski definition) is 4. The summed E-state index contributed by atoms with van der Waals surface area (Å²) in [4.78, 5) is 25.5. The Hall–Kier alpha value is -1.99. The van der Waals surface area contributed by atoms with Crippen molar-refractivity contribution >= 4 is 46.2 Å². The van der Waals surface area contributed by atoms with Crippen LogP contribution in [0.4, 0.5) is 5.69 Å². The number of nitrogens with zero attached hydrogens (tertiary/aromatic N) is 2. The zero-order chi connectivity index (χ0) is 12.2. The molecule has 0 aliphatic heterocycles. The van der Waals surface area contributed by atoms with Gasteiger partial charge in [0.25, 0.3) is 0 Å². The largest absolute Gasteiger partial charge is 0.398 e. The van der Waals surface area contributed by atoms with E-state index in [-0.39, 0.29) is 18.1 Å². The predicted octanol–water partition coefficient (Wildman–Crippen LogP) is 0.522. The lowest BCUT2D eigenvalue weighted by atomic mass is 10.2. The van der Waals surface area contributed by atoms with Crippen LogP contribution in [0, 0.1) is 0 Å². The Morgan fingerprint density at radius 1 is 1.28 bits per heavy atom. The first-order valence-electron chi connectivity index (χ1n) is 4.66. The zero-order valence-corrected chi connectivity index (χ0v) is 10.3. The molecule has 0 saturated carbocycles. The monoisotopic (exact) mass is 287 g/mol. The van der Waals surface area contributed by atoms with Crippen LogP contribution in [0.15, 0.2) is 21.7 Å². The number of aromatic amines is 2. The van der Waals surface area contributed by atoms with Crippen molar-refractivity contribution in [1.29, 1.82) is 0 Å². The smallest absolute Gasteiger partial charge is 0.351 e. The minimum Gasteiger partial charge on any atom is -0.398 e. The van der Waals surface area contributed by atoms with E-state index < -0.39 is 11.4 Å². The van der Waals surface area contributed by atoms with E-state index in [4.69, 9.17) is 17.3 Å². The molecule has 94 valence electrons. The highest BCUT2D eigenvalue weighted by Gasteiger charge is 2.10. The van der Waals surface area contributed by atoms with E-state index >= 15 is 0 Å². The number of nitrogen functional groups attached to an aromatic ring is 1. The molecule has 2 aromatic heterocycles. The summed E-state index contributed by atoms with van der Waals surface area (Å²) in [6.45, 7) is 0. The van der Waals surface area contributed by atoms with Gasteiger partial charge in [0.1, 0.15) is 0 Å². The lowest BCUT2D eigenvalue weighted by Crippen LogP contribution is -2.26. The van der Waals surface area contributed by atoms with E-state index in [1.807, 2.05) is 0 Å². The van der Waals surface area contributed by atoms with Gasteiger partial charge >= 0.3 is 11.4 Å². The average Bonchev–Trinajstić information content (AvgIpc) is 2.65. The minimum absolute atomic E-state index is 0. The third-order valence-corrected chi connectivity index (χ3v) is 2.82. The maximum atomic E-state index is 11.6. The van der Waals surface area contributed by atoms with Crippen molar-refractivity contribution in [2.24, 2.45) is 0 Å². The molecule has 3 rings (SSSR count). The quantitative estimate of drug-likeness (QED) is 0.524. The molecule has 0 atom stereocenters. The molecule has 7 nitrogen and oxygen atoms in total. The molecule has 0 fully saturated rings. The summed E-state index contributed by atoms with van der Waals surface area (Å²) >= 11 is 5.85. The standard InChI is InChI=1S/C9H6ClN5O2.ClH/c10-4-2-6-3(1-5(4)11)7-13-14-9(17)15(7)8(16)12-6;/h1-2H,11H2,(H,12,16)(H,14,17);1H. The number of nitrogens with two attached hydrogens (primary N) is 1. The minimum atomic E-state index is -0.600. The number of rotatable bonds is 0. The van der Waals surface area contributed by atoms with Gasteiger partial charge in [0, 0.05) is 5.39 Å². The van der Waals surface area contributed by atoms with Crippen LogP contribution in [-0.2, 0) is 0 Å². The van der Waals surface area contributed by atoms with Gasteiger partial charge in [-0.3, -0.25) is 0 Å². The molecular formula is C9H7Cl2N5O2. The molecule has 0 spiro atoms. The van der Waals surface area contributed by atoms with Crippen LogP contribution in [-0.4, -0.2) is 19.6 Å². The normalized spacial score (nSPS) is 10.7. The molecule has 0 aliphatic rings. The van der Waals surface area contributed by atoms with Crippen LogP contribution in [0.25, 0.3) is 16.6 Å². The van der Waals surface area contributed by atoms with Crippen LogP contribution in [0.2, 0.25) is 5.02 Å². The second-order valence-electron chi connectivity index (χ2n) is 3.54. The summed E-state index contributed by atoms with van der Waals surface area (Å²) in [6.07, 6.45) is 0. The SMILES string of the molecule is Cl.Nc1cc2c(cc1Cl)[nH]c(=O)n1c(=O)[nH]nc21. The van der Waals surface area contributed by atoms with E-state index in [0.717, 1.165) is 4.40 Å². The van der Waals surface area contributed by atoms with Gasteiger partial charge in [-0.15, -0.1) is 12.4 Å². The fourth-order valence-electron chi connectivity index (χ4n) is 1.72. The highest BCUT2D eigenvalue weighted by atomic mass is 35.5. The second kappa shape index (κ2) is 4.04. The van der Waals surface area contributed by atoms with Gasteiger partial charge in [-0.1, -0.05) is 11.6 Å². The van der Waals surface area contributed by atoms with Gasteiger partial charge in [0.05, 0.1) is 16.2 Å². The molecule has 0 amide bonds. The molecule has 9 heteroatoms. The summed E-state index contributed by atoms with van der Waals surface area (Å²) in [7, 11) is 0. The number of nitrogens with one attached hydrogen (secondary N) is 2. The maximum absolute atomic E-state index is 11.6. The number of hydrogen-bond donors (Lipinski definition) is 3. The Balaban J connectivity index is 0.00000120. The molecule has 3 aromatic rings. The van der Waals surface area contributed by atoms with Gasteiger partial charge in [-0.05, 0) is 12.1 Å². The molecule has 0 aliphatic carbocycles. The van der Waals surface area contributed by atoms with Gasteiger partial charge < -0.3 is 10.7 Å². The Kier molecular flexibility index (Phi) is 2.80. The number of aromatic nitrogens is 4. The Labute approximate surface area is 110 Å². The van der Waals surface area contributed by atoms with E-state index in [0.29, 0.717) is 21.6 Å². The highest BCUT2D eigenvalue weighted by Crippen LogP contribution is 2.25. The number of anilines is 1. The Bertz CT molecular complexity index is 863. The molecule has 1 aromatic carbocycles. The van der Waals surface area contributed by atoms with Crippen LogP contribution < -0.4 is 17.1 Å². The molecule has 0 radical (unpaired) electrons. The third kappa shape index (κ3) is 1.56. The molecule has 4 N–H and O–H groups in total. The van der Waals surface area contributed by atoms with E-state index in [9.17, 15) is 9.59 Å². The van der Waals surface area contributed by atoms with Gasteiger partial charge in [-0.25, -0.2) is 14.7 Å². The number of benzene rings is 1. The summed E-state index contributed by atoms with van der Waals surface area (Å²) < 4.78 is 0.898. The maximum Gasteiger partial charge on any atom is 0.351 e. The van der Waals surface area contributed by atoms with Crippen LogP contribution in [0.1, 0.15) is 0 Å². The van der Waals surface area contributed by atoms with Gasteiger partial charge in [-0.2, -0.15) is 9.50 Å². The van der Waals surface area contributed by atoms with Gasteiger partial charge in [0.2, 0.25) is 0 Å². The van der Waals surface area contributed by atoms with E-state index in [1.165, 1.54) is 6.07 Å². The summed E-state index contributed by atoms with van der Waals surface area (Å²) in [5, 5.41) is 6.87. The van der Waals surface area contributed by atoms with Crippen LogP contribution >= 0.6 is 24.0 Å². The average molecular weight is 288 g/mol. The first-order valence-corrected chi connectivity index (χ1v) is 5.04. The van der Waals surface area contributed by atoms with Crippen molar-refractivity contribution in [1.82, 2.24) is 19.6 Å². The number of halogens is 2. The highest BCUT2D eigenvalue weighted by molar-refractivity contribution is 6.34. The number of H-pyrrole nitrogens is 2. The lowest BCUT2D eigenvalue weighted by Gasteiger charge is -2.02. The van der Waals surface area contributed by atoms with Crippen molar-refractivity contribution in [3.05, 3.63) is 38.1 Å². The molecule has 18 heavy (non-hydrogen) atoms. The molecule has 0 unspecified atom stereocenters. The first kappa shape index (κ1) is 12.5. The molecule has 0 saturated heterocycles. The predicted molar refractivity (Wildman–Crippen MR) is 70.6 cm³/mol. The summed E-state index contributed by atoms with van der Waals surface area (Å²) in [5.41, 5.74) is 5.54. The lowest BCUT2D eigenvalue weighted by molar-refractivity contribution is 0.958. The Morgan fingerprint density at radius 3 is 2.72 bits per heavy atom. The van der Waals surface area contributed by atoms with Crippen molar-refractivity contribution in [3.63, 3.8) is 0 Å².